The molecule has 3 heteroatoms. The van der Waals surface area contributed by atoms with Gasteiger partial charge in [0.05, 0.1) is 0 Å². The summed E-state index contributed by atoms with van der Waals surface area (Å²) in [4.78, 5) is 9.43. The molecule has 1 atom stereocenters. The molecule has 0 rings (SSSR count). The molecule has 0 bridgehead atoms. The third kappa shape index (κ3) is 3.59. The summed E-state index contributed by atoms with van der Waals surface area (Å²) in [6, 6.07) is 0. The van der Waals surface area contributed by atoms with Crippen LogP contribution in [0, 0.1) is 0 Å². The topological polar surface area (TPSA) is 26.3 Å². The zero-order valence-corrected chi connectivity index (χ0v) is 4.76. The number of ether oxygens (including phenoxy) is 1. The second-order valence-corrected chi connectivity index (χ2v) is 1.43. The van der Waals surface area contributed by atoms with Crippen LogP contribution in [-0.4, -0.2) is 12.8 Å². The van der Waals surface area contributed by atoms with Gasteiger partial charge in [0, 0.05) is 6.42 Å². The van der Waals surface area contributed by atoms with Crippen molar-refractivity contribution in [2.75, 3.05) is 0 Å². The van der Waals surface area contributed by atoms with Gasteiger partial charge in [0.15, 0.2) is 0 Å². The Morgan fingerprint density at radius 1 is 1.88 bits per heavy atom. The molecule has 0 saturated heterocycles. The Bertz CT molecular complexity index is 65.4. The van der Waals surface area contributed by atoms with Crippen LogP contribution in [0.15, 0.2) is 0 Å². The van der Waals surface area contributed by atoms with Crippen LogP contribution in [0.1, 0.15) is 19.8 Å². The van der Waals surface area contributed by atoms with E-state index in [0.29, 0.717) is 12.8 Å². The van der Waals surface area contributed by atoms with Gasteiger partial charge in [0.1, 0.15) is 0 Å². The zero-order valence-electron chi connectivity index (χ0n) is 4.76. The average Bonchev–Trinajstić information content (AvgIpc) is 1.68. The first-order valence-electron chi connectivity index (χ1n) is 2.54. The molecule has 0 radical (unpaired) electrons. The highest BCUT2D eigenvalue weighted by molar-refractivity contribution is 5.37. The summed E-state index contributed by atoms with van der Waals surface area (Å²) < 4.78 is 15.9. The van der Waals surface area contributed by atoms with Crippen LogP contribution >= 0.6 is 0 Å². The summed E-state index contributed by atoms with van der Waals surface area (Å²) in [7, 11) is 0. The van der Waals surface area contributed by atoms with Gasteiger partial charge < -0.3 is 4.74 Å². The van der Waals surface area contributed by atoms with Gasteiger partial charge in [-0.3, -0.25) is 4.79 Å². The number of carbonyl (C=O) groups excluding carboxylic acids is 1. The summed E-state index contributed by atoms with van der Waals surface area (Å²) in [6.45, 7) is 1.95. The van der Waals surface area contributed by atoms with E-state index in [1.54, 1.807) is 0 Å². The second-order valence-electron chi connectivity index (χ2n) is 1.43. The summed E-state index contributed by atoms with van der Waals surface area (Å²) in [6.07, 6.45) is -0.425. The maximum absolute atomic E-state index is 12.0. The predicted octanol–water partition coefficient (Wildman–Crippen LogP) is 1.26. The maximum atomic E-state index is 12.0. The molecule has 48 valence electrons. The molecular weight excluding hydrogens is 111 g/mol. The Hall–Kier alpha value is -0.600. The molecule has 0 saturated carbocycles. The van der Waals surface area contributed by atoms with Crippen molar-refractivity contribution in [2.24, 2.45) is 0 Å². The molecule has 0 fully saturated rings. The Morgan fingerprint density at radius 2 is 2.50 bits per heavy atom. The highest BCUT2D eigenvalue weighted by Crippen LogP contribution is 2.00. The molecule has 0 aromatic carbocycles. The van der Waals surface area contributed by atoms with Crippen molar-refractivity contribution in [1.29, 1.82) is 0 Å². The van der Waals surface area contributed by atoms with E-state index in [-0.39, 0.29) is 6.47 Å². The smallest absolute Gasteiger partial charge is 0.295 e. The largest absolute Gasteiger partial charge is 0.433 e. The van der Waals surface area contributed by atoms with Crippen LogP contribution in [-0.2, 0) is 9.53 Å². The number of hydrogen-bond acceptors (Lipinski definition) is 2. The number of hydrogen-bond donors (Lipinski definition) is 0. The van der Waals surface area contributed by atoms with Crippen LogP contribution in [0.2, 0.25) is 0 Å². The molecule has 0 aliphatic rings. The Balaban J connectivity index is 3.03. The molecule has 0 amide bonds. The van der Waals surface area contributed by atoms with Crippen molar-refractivity contribution < 1.29 is 13.9 Å². The van der Waals surface area contributed by atoms with Gasteiger partial charge in [0.25, 0.3) is 6.47 Å². The standard InChI is InChI=1S/C5H9FO2/c1-2-3-5(6)8-4-7/h4-5H,2-3H2,1H3. The van der Waals surface area contributed by atoms with Crippen LogP contribution < -0.4 is 0 Å². The summed E-state index contributed by atoms with van der Waals surface area (Å²) in [5.41, 5.74) is 0. The third-order valence-electron chi connectivity index (χ3n) is 0.719. The lowest BCUT2D eigenvalue weighted by Crippen LogP contribution is -2.02. The monoisotopic (exact) mass is 120 g/mol. The lowest BCUT2D eigenvalue weighted by atomic mass is 10.3. The normalized spacial score (nSPS) is 12.8. The van der Waals surface area contributed by atoms with E-state index in [0.717, 1.165) is 0 Å². The van der Waals surface area contributed by atoms with Gasteiger partial charge in [0.2, 0.25) is 6.36 Å². The first-order valence-corrected chi connectivity index (χ1v) is 2.54. The summed E-state index contributed by atoms with van der Waals surface area (Å²) in [5, 5.41) is 0. The molecule has 0 aliphatic carbocycles. The highest BCUT2D eigenvalue weighted by atomic mass is 19.1. The molecule has 1 unspecified atom stereocenters. The Morgan fingerprint density at radius 3 is 2.88 bits per heavy atom. The van der Waals surface area contributed by atoms with Crippen molar-refractivity contribution in [3.63, 3.8) is 0 Å². The number of carbonyl (C=O) groups is 1. The second kappa shape index (κ2) is 4.56. The van der Waals surface area contributed by atoms with Crippen molar-refractivity contribution in [3.8, 4) is 0 Å². The summed E-state index contributed by atoms with van der Waals surface area (Å²) >= 11 is 0. The first kappa shape index (κ1) is 7.40. The fourth-order valence-electron chi connectivity index (χ4n) is 0.355. The van der Waals surface area contributed by atoms with Gasteiger partial charge in [-0.25, -0.2) is 4.39 Å². The minimum atomic E-state index is -1.41. The molecule has 0 N–H and O–H groups in total. The summed E-state index contributed by atoms with van der Waals surface area (Å²) in [5.74, 6) is 0. The van der Waals surface area contributed by atoms with E-state index >= 15 is 0 Å². The van der Waals surface area contributed by atoms with E-state index in [9.17, 15) is 9.18 Å². The molecule has 8 heavy (non-hydrogen) atoms. The van der Waals surface area contributed by atoms with Crippen LogP contribution in [0.25, 0.3) is 0 Å². The van der Waals surface area contributed by atoms with Crippen molar-refractivity contribution >= 4 is 6.47 Å². The van der Waals surface area contributed by atoms with Gasteiger partial charge in [-0.15, -0.1) is 0 Å². The first-order chi connectivity index (χ1) is 3.81. The van der Waals surface area contributed by atoms with E-state index in [2.05, 4.69) is 4.74 Å². The minimum Gasteiger partial charge on any atom is -0.433 e. The van der Waals surface area contributed by atoms with E-state index < -0.39 is 6.36 Å². The van der Waals surface area contributed by atoms with Crippen molar-refractivity contribution in [1.82, 2.24) is 0 Å². The quantitative estimate of drug-likeness (QED) is 0.522. The molecule has 2 nitrogen and oxygen atoms in total. The van der Waals surface area contributed by atoms with Crippen molar-refractivity contribution in [2.45, 2.75) is 26.1 Å². The fourth-order valence-corrected chi connectivity index (χ4v) is 0.355. The van der Waals surface area contributed by atoms with E-state index in [1.165, 1.54) is 0 Å². The van der Waals surface area contributed by atoms with E-state index in [4.69, 9.17) is 0 Å². The van der Waals surface area contributed by atoms with Crippen molar-refractivity contribution in [3.05, 3.63) is 0 Å². The fraction of sp³-hybridized carbons (Fsp3) is 0.800. The van der Waals surface area contributed by atoms with Gasteiger partial charge in [-0.1, -0.05) is 6.92 Å². The van der Waals surface area contributed by atoms with Crippen LogP contribution in [0.5, 0.6) is 0 Å². The third-order valence-corrected chi connectivity index (χ3v) is 0.719. The maximum Gasteiger partial charge on any atom is 0.295 e. The van der Waals surface area contributed by atoms with Crippen LogP contribution in [0.4, 0.5) is 4.39 Å². The predicted molar refractivity (Wildman–Crippen MR) is 27.0 cm³/mol. The highest BCUT2D eigenvalue weighted by Gasteiger charge is 2.01. The van der Waals surface area contributed by atoms with E-state index in [1.807, 2.05) is 6.92 Å². The molecule has 0 spiro atoms. The Kier molecular flexibility index (Phi) is 4.21. The number of halogens is 1. The lowest BCUT2D eigenvalue weighted by molar-refractivity contribution is -0.142. The number of rotatable bonds is 4. The minimum absolute atomic E-state index is 0.125. The Labute approximate surface area is 47.6 Å². The molecular formula is C5H9FO2. The lowest BCUT2D eigenvalue weighted by Gasteiger charge is -2.00. The number of alkyl halides is 1. The van der Waals surface area contributed by atoms with Gasteiger partial charge >= 0.3 is 0 Å². The zero-order chi connectivity index (χ0) is 6.41. The molecule has 0 aromatic heterocycles. The molecule has 0 heterocycles. The molecule has 0 aliphatic heterocycles. The SMILES string of the molecule is CCCC(F)OC=O. The van der Waals surface area contributed by atoms with Gasteiger partial charge in [-0.2, -0.15) is 0 Å². The van der Waals surface area contributed by atoms with Gasteiger partial charge in [-0.05, 0) is 6.42 Å². The average molecular weight is 120 g/mol. The van der Waals surface area contributed by atoms with Crippen LogP contribution in [0.3, 0.4) is 0 Å². The molecule has 0 aromatic rings.